The molecule has 4 nitrogen and oxygen atoms in total. The van der Waals surface area contributed by atoms with Gasteiger partial charge in [-0.05, 0) is 26.0 Å². The van der Waals surface area contributed by atoms with Crippen molar-refractivity contribution in [1.29, 1.82) is 5.26 Å². The Morgan fingerprint density at radius 3 is 2.80 bits per heavy atom. The van der Waals surface area contributed by atoms with Crippen molar-refractivity contribution < 1.29 is 0 Å². The van der Waals surface area contributed by atoms with E-state index < -0.39 is 0 Å². The van der Waals surface area contributed by atoms with Gasteiger partial charge in [0.25, 0.3) is 0 Å². The maximum Gasteiger partial charge on any atom is 0.103 e. The largest absolute Gasteiger partial charge is 0.257 e. The van der Waals surface area contributed by atoms with Gasteiger partial charge >= 0.3 is 0 Å². The van der Waals surface area contributed by atoms with Crippen molar-refractivity contribution in [3.8, 4) is 11.8 Å². The Kier molecular flexibility index (Phi) is 2.22. The van der Waals surface area contributed by atoms with Gasteiger partial charge in [-0.2, -0.15) is 10.4 Å². The Labute approximate surface area is 87.8 Å². The minimum Gasteiger partial charge on any atom is -0.257 e. The SMILES string of the molecule is Cc1cc(-n2cccn2)c(C#N)c(C)n1. The van der Waals surface area contributed by atoms with Crippen LogP contribution in [0.2, 0.25) is 0 Å². The van der Waals surface area contributed by atoms with Gasteiger partial charge < -0.3 is 0 Å². The zero-order valence-corrected chi connectivity index (χ0v) is 8.60. The molecule has 0 bridgehead atoms. The van der Waals surface area contributed by atoms with Crippen LogP contribution in [0.15, 0.2) is 24.5 Å². The van der Waals surface area contributed by atoms with Crippen LogP contribution in [0, 0.1) is 25.2 Å². The van der Waals surface area contributed by atoms with Crippen LogP contribution >= 0.6 is 0 Å². The number of aromatic nitrogens is 3. The second-order valence-electron chi connectivity index (χ2n) is 3.31. The van der Waals surface area contributed by atoms with Gasteiger partial charge in [-0.15, -0.1) is 0 Å². The normalized spacial score (nSPS) is 9.93. The summed E-state index contributed by atoms with van der Waals surface area (Å²) < 4.78 is 1.68. The molecule has 0 fully saturated rings. The molecule has 0 saturated carbocycles. The molecule has 0 unspecified atom stereocenters. The summed E-state index contributed by atoms with van der Waals surface area (Å²) in [5, 5.41) is 13.2. The van der Waals surface area contributed by atoms with E-state index in [1.807, 2.05) is 32.2 Å². The Hall–Kier alpha value is -2.15. The highest BCUT2D eigenvalue weighted by molar-refractivity contribution is 5.51. The van der Waals surface area contributed by atoms with Crippen molar-refractivity contribution in [3.05, 3.63) is 41.5 Å². The molecule has 4 heteroatoms. The summed E-state index contributed by atoms with van der Waals surface area (Å²) in [6.07, 6.45) is 3.50. The lowest BCUT2D eigenvalue weighted by atomic mass is 10.1. The number of rotatable bonds is 1. The third-order valence-electron chi connectivity index (χ3n) is 2.17. The highest BCUT2D eigenvalue weighted by Gasteiger charge is 2.09. The second-order valence-corrected chi connectivity index (χ2v) is 3.31. The Balaban J connectivity index is 2.71. The van der Waals surface area contributed by atoms with Crippen molar-refractivity contribution in [2.75, 3.05) is 0 Å². The molecular weight excluding hydrogens is 188 g/mol. The predicted octanol–water partition coefficient (Wildman–Crippen LogP) is 1.76. The van der Waals surface area contributed by atoms with Gasteiger partial charge in [0, 0.05) is 18.1 Å². The van der Waals surface area contributed by atoms with E-state index in [-0.39, 0.29) is 0 Å². The van der Waals surface area contributed by atoms with Crippen molar-refractivity contribution >= 4 is 0 Å². The maximum absolute atomic E-state index is 9.06. The summed E-state index contributed by atoms with van der Waals surface area (Å²) >= 11 is 0. The van der Waals surface area contributed by atoms with E-state index in [1.165, 1.54) is 0 Å². The Bertz CT molecular complexity index is 520. The first-order valence-corrected chi connectivity index (χ1v) is 4.60. The second kappa shape index (κ2) is 3.54. The monoisotopic (exact) mass is 198 g/mol. The van der Waals surface area contributed by atoms with E-state index in [0.29, 0.717) is 5.56 Å². The van der Waals surface area contributed by atoms with Crippen LogP contribution < -0.4 is 0 Å². The van der Waals surface area contributed by atoms with Crippen LogP contribution in [0.3, 0.4) is 0 Å². The fourth-order valence-electron chi connectivity index (χ4n) is 1.54. The summed E-state index contributed by atoms with van der Waals surface area (Å²) in [6, 6.07) is 5.84. The maximum atomic E-state index is 9.06. The molecule has 0 atom stereocenters. The average Bonchev–Trinajstić information content (AvgIpc) is 2.69. The van der Waals surface area contributed by atoms with Gasteiger partial charge in [0.2, 0.25) is 0 Å². The molecular formula is C11H10N4. The predicted molar refractivity (Wildman–Crippen MR) is 55.5 cm³/mol. The number of aryl methyl sites for hydroxylation is 2. The van der Waals surface area contributed by atoms with Crippen LogP contribution in [-0.4, -0.2) is 14.8 Å². The lowest BCUT2D eigenvalue weighted by molar-refractivity contribution is 0.866. The van der Waals surface area contributed by atoms with E-state index in [1.54, 1.807) is 10.9 Å². The quantitative estimate of drug-likeness (QED) is 0.701. The summed E-state index contributed by atoms with van der Waals surface area (Å²) in [6.45, 7) is 3.74. The van der Waals surface area contributed by atoms with E-state index in [0.717, 1.165) is 17.1 Å². The van der Waals surface area contributed by atoms with Gasteiger partial charge in [0.1, 0.15) is 6.07 Å². The zero-order chi connectivity index (χ0) is 10.8. The molecule has 2 aromatic heterocycles. The minimum atomic E-state index is 0.573. The summed E-state index contributed by atoms with van der Waals surface area (Å²) in [5.41, 5.74) is 2.98. The molecule has 15 heavy (non-hydrogen) atoms. The van der Waals surface area contributed by atoms with Crippen LogP contribution in [0.5, 0.6) is 0 Å². The molecule has 2 heterocycles. The smallest absolute Gasteiger partial charge is 0.103 e. The molecule has 0 aliphatic rings. The minimum absolute atomic E-state index is 0.573. The molecule has 0 aliphatic carbocycles. The molecule has 0 aliphatic heterocycles. The fraction of sp³-hybridized carbons (Fsp3) is 0.182. The summed E-state index contributed by atoms with van der Waals surface area (Å²) in [5.74, 6) is 0. The van der Waals surface area contributed by atoms with Gasteiger partial charge in [-0.3, -0.25) is 4.98 Å². The number of nitriles is 1. The van der Waals surface area contributed by atoms with Crippen molar-refractivity contribution in [3.63, 3.8) is 0 Å². The molecule has 0 radical (unpaired) electrons. The number of nitrogens with zero attached hydrogens (tertiary/aromatic N) is 4. The number of hydrogen-bond donors (Lipinski definition) is 0. The molecule has 0 aromatic carbocycles. The Morgan fingerprint density at radius 1 is 1.40 bits per heavy atom. The van der Waals surface area contributed by atoms with Crippen molar-refractivity contribution in [2.45, 2.75) is 13.8 Å². The number of hydrogen-bond acceptors (Lipinski definition) is 3. The summed E-state index contributed by atoms with van der Waals surface area (Å²) in [4.78, 5) is 4.25. The van der Waals surface area contributed by atoms with Crippen LogP contribution in [-0.2, 0) is 0 Å². The van der Waals surface area contributed by atoms with E-state index in [4.69, 9.17) is 5.26 Å². The lowest BCUT2D eigenvalue weighted by Crippen LogP contribution is -2.02. The fourth-order valence-corrected chi connectivity index (χ4v) is 1.54. The lowest BCUT2D eigenvalue weighted by Gasteiger charge is -2.07. The number of pyridine rings is 1. The first kappa shape index (κ1) is 9.41. The third kappa shape index (κ3) is 1.59. The van der Waals surface area contributed by atoms with Crippen LogP contribution in [0.4, 0.5) is 0 Å². The highest BCUT2D eigenvalue weighted by Crippen LogP contribution is 2.16. The van der Waals surface area contributed by atoms with Gasteiger partial charge in [-0.1, -0.05) is 0 Å². The third-order valence-corrected chi connectivity index (χ3v) is 2.17. The van der Waals surface area contributed by atoms with Gasteiger partial charge in [0.05, 0.1) is 16.9 Å². The first-order valence-electron chi connectivity index (χ1n) is 4.60. The van der Waals surface area contributed by atoms with Crippen LogP contribution in [0.1, 0.15) is 17.0 Å². The molecule has 0 saturated heterocycles. The van der Waals surface area contributed by atoms with E-state index in [9.17, 15) is 0 Å². The van der Waals surface area contributed by atoms with E-state index in [2.05, 4.69) is 16.2 Å². The first-order chi connectivity index (χ1) is 7.22. The van der Waals surface area contributed by atoms with Gasteiger partial charge in [0.15, 0.2) is 0 Å². The topological polar surface area (TPSA) is 54.5 Å². The molecule has 0 amide bonds. The standard InChI is InChI=1S/C11H10N4/c1-8-6-11(15-5-3-4-13-15)10(7-12)9(2)14-8/h3-6H,1-2H3. The average molecular weight is 198 g/mol. The zero-order valence-electron chi connectivity index (χ0n) is 8.60. The van der Waals surface area contributed by atoms with Gasteiger partial charge in [-0.25, -0.2) is 4.68 Å². The van der Waals surface area contributed by atoms with Crippen molar-refractivity contribution in [1.82, 2.24) is 14.8 Å². The molecule has 74 valence electrons. The Morgan fingerprint density at radius 2 is 2.20 bits per heavy atom. The van der Waals surface area contributed by atoms with E-state index >= 15 is 0 Å². The summed E-state index contributed by atoms with van der Waals surface area (Å²) in [7, 11) is 0. The molecule has 2 aromatic rings. The highest BCUT2D eigenvalue weighted by atomic mass is 15.3. The molecule has 2 rings (SSSR count). The molecule has 0 spiro atoms. The van der Waals surface area contributed by atoms with Crippen LogP contribution in [0.25, 0.3) is 5.69 Å². The molecule has 0 N–H and O–H groups in total. The van der Waals surface area contributed by atoms with Crippen molar-refractivity contribution in [2.24, 2.45) is 0 Å².